The Balaban J connectivity index is 1.18. The van der Waals surface area contributed by atoms with Gasteiger partial charge in [0.1, 0.15) is 12.1 Å². The molecule has 4 heterocycles. The van der Waals surface area contributed by atoms with Crippen molar-refractivity contribution >= 4 is 29.6 Å². The highest BCUT2D eigenvalue weighted by Gasteiger charge is 2.36. The van der Waals surface area contributed by atoms with Crippen molar-refractivity contribution in [1.29, 1.82) is 0 Å². The molecule has 33 heavy (non-hydrogen) atoms. The number of fused-ring (bicyclic) bond motifs is 1. The van der Waals surface area contributed by atoms with Crippen molar-refractivity contribution in [1.82, 2.24) is 14.8 Å². The minimum absolute atomic E-state index is 0.0578. The van der Waals surface area contributed by atoms with Crippen molar-refractivity contribution in [3.05, 3.63) is 58.2 Å². The molecule has 5 rings (SSSR count). The SMILES string of the molecule is O=CC(c1ccccc1Cl)N1CC[C@@H](C(=O)N2CCC(c3ccc4c(n3)NCCC4)CC2)C1. The predicted octanol–water partition coefficient (Wildman–Crippen LogP) is 4.06. The van der Waals surface area contributed by atoms with Crippen LogP contribution in [0.15, 0.2) is 36.4 Å². The highest BCUT2D eigenvalue weighted by Crippen LogP contribution is 2.33. The number of nitrogens with one attached hydrogen (secondary N) is 1. The molecular weight excluding hydrogens is 436 g/mol. The monoisotopic (exact) mass is 466 g/mol. The lowest BCUT2D eigenvalue weighted by atomic mass is 9.91. The zero-order valence-corrected chi connectivity index (χ0v) is 19.6. The maximum atomic E-state index is 13.3. The minimum Gasteiger partial charge on any atom is -0.370 e. The molecule has 1 amide bonds. The molecule has 0 spiro atoms. The number of hydrogen-bond donors (Lipinski definition) is 1. The second-order valence-electron chi connectivity index (χ2n) is 9.46. The normalized spacial score (nSPS) is 22.5. The van der Waals surface area contributed by atoms with E-state index in [4.69, 9.17) is 16.6 Å². The summed E-state index contributed by atoms with van der Waals surface area (Å²) < 4.78 is 0. The molecule has 2 aromatic rings. The summed E-state index contributed by atoms with van der Waals surface area (Å²) in [5.74, 6) is 1.62. The number of benzene rings is 1. The Kier molecular flexibility index (Phi) is 6.65. The third kappa shape index (κ3) is 4.64. The third-order valence-electron chi connectivity index (χ3n) is 7.46. The number of halogens is 1. The molecule has 1 aromatic carbocycles. The van der Waals surface area contributed by atoms with Crippen molar-refractivity contribution in [2.24, 2.45) is 5.92 Å². The molecule has 0 saturated carbocycles. The Hall–Kier alpha value is -2.44. The fourth-order valence-corrected chi connectivity index (χ4v) is 5.78. The molecule has 0 aliphatic carbocycles. The molecule has 2 saturated heterocycles. The van der Waals surface area contributed by atoms with Crippen LogP contribution in [-0.2, 0) is 16.0 Å². The number of carbonyl (C=O) groups is 2. The van der Waals surface area contributed by atoms with Crippen LogP contribution in [0.25, 0.3) is 0 Å². The molecule has 0 bridgehead atoms. The Morgan fingerprint density at radius 2 is 1.94 bits per heavy atom. The lowest BCUT2D eigenvalue weighted by Crippen LogP contribution is -2.42. The third-order valence-corrected chi connectivity index (χ3v) is 7.80. The lowest BCUT2D eigenvalue weighted by Gasteiger charge is -2.34. The quantitative estimate of drug-likeness (QED) is 0.673. The van der Waals surface area contributed by atoms with Crippen LogP contribution >= 0.6 is 11.6 Å². The van der Waals surface area contributed by atoms with Gasteiger partial charge < -0.3 is 15.0 Å². The second-order valence-corrected chi connectivity index (χ2v) is 9.86. The van der Waals surface area contributed by atoms with E-state index in [0.717, 1.165) is 75.2 Å². The first kappa shape index (κ1) is 22.4. The van der Waals surface area contributed by atoms with E-state index in [0.29, 0.717) is 17.5 Å². The molecule has 1 N–H and O–H groups in total. The summed E-state index contributed by atoms with van der Waals surface area (Å²) in [4.78, 5) is 34.1. The van der Waals surface area contributed by atoms with Gasteiger partial charge in [0.05, 0.1) is 12.0 Å². The van der Waals surface area contributed by atoms with Gasteiger partial charge in [0.2, 0.25) is 5.91 Å². The van der Waals surface area contributed by atoms with Crippen LogP contribution in [0, 0.1) is 5.92 Å². The Bertz CT molecular complexity index is 1020. The number of aldehydes is 1. The molecular formula is C26H31ClN4O2. The standard InChI is InChI=1S/C26H31ClN4O2/c27-22-6-2-1-5-21(22)24(17-32)31-15-11-20(16-31)26(33)30-13-9-18(10-14-30)23-8-7-19-4-3-12-28-25(19)29-23/h1-2,5-8,17-18,20,24H,3-4,9-16H2,(H,28,29)/t20-,24?/m1/s1. The lowest BCUT2D eigenvalue weighted by molar-refractivity contribution is -0.136. The smallest absolute Gasteiger partial charge is 0.227 e. The van der Waals surface area contributed by atoms with Crippen LogP contribution in [-0.4, -0.2) is 59.7 Å². The number of aromatic nitrogens is 1. The topological polar surface area (TPSA) is 65.5 Å². The summed E-state index contributed by atoms with van der Waals surface area (Å²) in [6.07, 6.45) is 5.89. The summed E-state index contributed by atoms with van der Waals surface area (Å²) in [6, 6.07) is 11.5. The fourth-order valence-electron chi connectivity index (χ4n) is 5.54. The van der Waals surface area contributed by atoms with Crippen LogP contribution in [0.2, 0.25) is 5.02 Å². The molecule has 3 aliphatic rings. The molecule has 0 radical (unpaired) electrons. The molecule has 2 atom stereocenters. The molecule has 1 unspecified atom stereocenters. The Labute approximate surface area is 200 Å². The van der Waals surface area contributed by atoms with E-state index in [1.165, 1.54) is 12.0 Å². The summed E-state index contributed by atoms with van der Waals surface area (Å²) in [6.45, 7) is 3.87. The summed E-state index contributed by atoms with van der Waals surface area (Å²) in [5, 5.41) is 4.02. The molecule has 6 nitrogen and oxygen atoms in total. The van der Waals surface area contributed by atoms with Crippen molar-refractivity contribution in [2.75, 3.05) is 38.0 Å². The van der Waals surface area contributed by atoms with Crippen molar-refractivity contribution in [3.8, 4) is 0 Å². The van der Waals surface area contributed by atoms with Gasteiger partial charge in [-0.3, -0.25) is 9.69 Å². The number of aryl methyl sites for hydroxylation is 1. The van der Waals surface area contributed by atoms with Crippen LogP contribution in [0.1, 0.15) is 54.5 Å². The first-order valence-electron chi connectivity index (χ1n) is 12.1. The Morgan fingerprint density at radius 1 is 1.12 bits per heavy atom. The van der Waals surface area contributed by atoms with Crippen LogP contribution in [0.5, 0.6) is 0 Å². The van der Waals surface area contributed by atoms with Crippen molar-refractivity contribution in [3.63, 3.8) is 0 Å². The van der Waals surface area contributed by atoms with E-state index in [1.807, 2.05) is 29.2 Å². The van der Waals surface area contributed by atoms with E-state index < -0.39 is 6.04 Å². The van der Waals surface area contributed by atoms with Gasteiger partial charge in [0, 0.05) is 42.8 Å². The summed E-state index contributed by atoms with van der Waals surface area (Å²) in [5.41, 5.74) is 3.28. The number of rotatable bonds is 5. The van der Waals surface area contributed by atoms with Gasteiger partial charge in [-0.25, -0.2) is 4.98 Å². The first-order valence-corrected chi connectivity index (χ1v) is 12.5. The van der Waals surface area contributed by atoms with Gasteiger partial charge in [-0.15, -0.1) is 0 Å². The van der Waals surface area contributed by atoms with E-state index in [2.05, 4.69) is 22.3 Å². The van der Waals surface area contributed by atoms with E-state index in [-0.39, 0.29) is 11.8 Å². The van der Waals surface area contributed by atoms with Crippen molar-refractivity contribution in [2.45, 2.75) is 44.1 Å². The van der Waals surface area contributed by atoms with Gasteiger partial charge in [0.25, 0.3) is 0 Å². The van der Waals surface area contributed by atoms with E-state index in [9.17, 15) is 9.59 Å². The average Bonchev–Trinajstić information content (AvgIpc) is 3.35. The predicted molar refractivity (Wildman–Crippen MR) is 130 cm³/mol. The average molecular weight is 467 g/mol. The first-order chi connectivity index (χ1) is 16.1. The number of carbonyl (C=O) groups excluding carboxylic acids is 2. The minimum atomic E-state index is -0.397. The van der Waals surface area contributed by atoms with Gasteiger partial charge in [-0.2, -0.15) is 0 Å². The number of piperidine rings is 1. The number of amides is 1. The number of pyridine rings is 1. The van der Waals surface area contributed by atoms with Gasteiger partial charge in [-0.1, -0.05) is 35.9 Å². The van der Waals surface area contributed by atoms with Gasteiger partial charge >= 0.3 is 0 Å². The van der Waals surface area contributed by atoms with E-state index in [1.54, 1.807) is 0 Å². The van der Waals surface area contributed by atoms with Crippen LogP contribution in [0.3, 0.4) is 0 Å². The van der Waals surface area contributed by atoms with Crippen LogP contribution in [0.4, 0.5) is 5.82 Å². The van der Waals surface area contributed by atoms with Crippen molar-refractivity contribution < 1.29 is 9.59 Å². The van der Waals surface area contributed by atoms with Gasteiger partial charge in [0.15, 0.2) is 0 Å². The molecule has 2 fully saturated rings. The number of nitrogens with zero attached hydrogens (tertiary/aromatic N) is 3. The molecule has 1 aromatic heterocycles. The number of hydrogen-bond acceptors (Lipinski definition) is 5. The second kappa shape index (κ2) is 9.82. The van der Waals surface area contributed by atoms with Crippen LogP contribution < -0.4 is 5.32 Å². The maximum Gasteiger partial charge on any atom is 0.227 e. The van der Waals surface area contributed by atoms with E-state index >= 15 is 0 Å². The summed E-state index contributed by atoms with van der Waals surface area (Å²) >= 11 is 6.33. The zero-order valence-electron chi connectivity index (χ0n) is 18.9. The molecule has 7 heteroatoms. The highest BCUT2D eigenvalue weighted by molar-refractivity contribution is 6.31. The Morgan fingerprint density at radius 3 is 2.73 bits per heavy atom. The summed E-state index contributed by atoms with van der Waals surface area (Å²) in [7, 11) is 0. The molecule has 174 valence electrons. The number of likely N-dealkylation sites (tertiary alicyclic amines) is 2. The highest BCUT2D eigenvalue weighted by atomic mass is 35.5. The zero-order chi connectivity index (χ0) is 22.8. The maximum absolute atomic E-state index is 13.3. The van der Waals surface area contributed by atoms with Gasteiger partial charge in [-0.05, 0) is 61.9 Å². The fraction of sp³-hybridized carbons (Fsp3) is 0.500. The largest absolute Gasteiger partial charge is 0.370 e. The molecule has 3 aliphatic heterocycles. The number of anilines is 1.